The Kier molecular flexibility index (Phi) is 4.91. The summed E-state index contributed by atoms with van der Waals surface area (Å²) in [6.45, 7) is 4.13. The van der Waals surface area contributed by atoms with E-state index in [9.17, 15) is 0 Å². The molecule has 1 atom stereocenters. The molecular formula is C17H20BrNO2. The molecule has 0 saturated carbocycles. The Labute approximate surface area is 134 Å². The van der Waals surface area contributed by atoms with Gasteiger partial charge in [-0.15, -0.1) is 0 Å². The van der Waals surface area contributed by atoms with Gasteiger partial charge < -0.3 is 15.2 Å². The normalized spacial score (nSPS) is 12.1. The van der Waals surface area contributed by atoms with Crippen molar-refractivity contribution >= 4 is 15.9 Å². The van der Waals surface area contributed by atoms with Gasteiger partial charge in [0.15, 0.2) is 0 Å². The highest BCUT2D eigenvalue weighted by Gasteiger charge is 2.19. The van der Waals surface area contributed by atoms with Crippen LogP contribution in [0.2, 0.25) is 0 Å². The van der Waals surface area contributed by atoms with Crippen LogP contribution in [0.3, 0.4) is 0 Å². The monoisotopic (exact) mass is 349 g/mol. The smallest absolute Gasteiger partial charge is 0.133 e. The van der Waals surface area contributed by atoms with Crippen molar-refractivity contribution in [1.82, 2.24) is 0 Å². The van der Waals surface area contributed by atoms with Crippen LogP contribution in [0.1, 0.15) is 28.3 Å². The molecule has 0 aliphatic carbocycles. The summed E-state index contributed by atoms with van der Waals surface area (Å²) in [5, 5.41) is 0. The fourth-order valence-corrected chi connectivity index (χ4v) is 2.87. The third-order valence-corrected chi connectivity index (χ3v) is 4.23. The first-order valence-electron chi connectivity index (χ1n) is 6.72. The maximum Gasteiger partial charge on any atom is 0.133 e. The average Bonchev–Trinajstić information content (AvgIpc) is 2.48. The summed E-state index contributed by atoms with van der Waals surface area (Å²) in [6, 6.07) is 9.85. The lowest BCUT2D eigenvalue weighted by atomic mass is 9.93. The Hall–Kier alpha value is -1.52. The second-order valence-electron chi connectivity index (χ2n) is 5.07. The van der Waals surface area contributed by atoms with E-state index < -0.39 is 0 Å². The van der Waals surface area contributed by atoms with Crippen LogP contribution in [0.5, 0.6) is 11.5 Å². The fourth-order valence-electron chi connectivity index (χ4n) is 2.39. The van der Waals surface area contributed by atoms with Crippen LogP contribution in [0.15, 0.2) is 34.8 Å². The maximum atomic E-state index is 6.49. The molecule has 2 aromatic rings. The molecule has 2 rings (SSSR count). The van der Waals surface area contributed by atoms with E-state index in [1.165, 1.54) is 5.56 Å². The van der Waals surface area contributed by atoms with Gasteiger partial charge in [-0.2, -0.15) is 0 Å². The van der Waals surface area contributed by atoms with Gasteiger partial charge >= 0.3 is 0 Å². The van der Waals surface area contributed by atoms with Gasteiger partial charge in [0.2, 0.25) is 0 Å². The summed E-state index contributed by atoms with van der Waals surface area (Å²) in [5.41, 5.74) is 10.8. The third kappa shape index (κ3) is 3.22. The highest BCUT2D eigenvalue weighted by Crippen LogP contribution is 2.37. The second-order valence-corrected chi connectivity index (χ2v) is 5.92. The van der Waals surface area contributed by atoms with Crippen LogP contribution in [0.25, 0.3) is 0 Å². The lowest BCUT2D eigenvalue weighted by Crippen LogP contribution is -2.15. The predicted octanol–water partition coefficient (Wildman–Crippen LogP) is 4.13. The topological polar surface area (TPSA) is 44.5 Å². The molecule has 112 valence electrons. The molecule has 0 aliphatic heterocycles. The molecule has 0 aromatic heterocycles. The van der Waals surface area contributed by atoms with E-state index in [1.54, 1.807) is 14.2 Å². The predicted molar refractivity (Wildman–Crippen MR) is 89.2 cm³/mol. The molecule has 0 fully saturated rings. The lowest BCUT2D eigenvalue weighted by Gasteiger charge is -2.20. The van der Waals surface area contributed by atoms with E-state index in [2.05, 4.69) is 48.0 Å². The van der Waals surface area contributed by atoms with Gasteiger partial charge in [-0.3, -0.25) is 0 Å². The van der Waals surface area contributed by atoms with E-state index in [4.69, 9.17) is 15.2 Å². The van der Waals surface area contributed by atoms with E-state index >= 15 is 0 Å². The largest absolute Gasteiger partial charge is 0.496 e. The van der Waals surface area contributed by atoms with Crippen molar-refractivity contribution in [2.45, 2.75) is 19.9 Å². The summed E-state index contributed by atoms with van der Waals surface area (Å²) >= 11 is 3.47. The number of ether oxygens (including phenoxy) is 2. The molecule has 0 saturated heterocycles. The van der Waals surface area contributed by atoms with Crippen molar-refractivity contribution in [2.24, 2.45) is 5.73 Å². The van der Waals surface area contributed by atoms with Crippen LogP contribution < -0.4 is 15.2 Å². The van der Waals surface area contributed by atoms with Gasteiger partial charge in [0.05, 0.1) is 24.7 Å². The SMILES string of the molecule is COc1cc(C(N)c2cc(C)ccc2C)c(OC)cc1Br. The highest BCUT2D eigenvalue weighted by molar-refractivity contribution is 9.10. The Bertz CT molecular complexity index is 655. The van der Waals surface area contributed by atoms with Crippen LogP contribution in [-0.2, 0) is 0 Å². The lowest BCUT2D eigenvalue weighted by molar-refractivity contribution is 0.395. The standard InChI is InChI=1S/C17H20BrNO2/c1-10-5-6-11(2)12(7-10)17(19)13-8-16(21-4)14(18)9-15(13)20-3/h5-9,17H,19H2,1-4H3. The van der Waals surface area contributed by atoms with Crippen LogP contribution >= 0.6 is 15.9 Å². The summed E-state index contributed by atoms with van der Waals surface area (Å²) in [4.78, 5) is 0. The number of halogens is 1. The fraction of sp³-hybridized carbons (Fsp3) is 0.294. The third-order valence-electron chi connectivity index (χ3n) is 3.61. The Morgan fingerprint density at radius 2 is 1.62 bits per heavy atom. The van der Waals surface area contributed by atoms with Crippen molar-refractivity contribution in [3.8, 4) is 11.5 Å². The first-order chi connectivity index (χ1) is 9.97. The number of rotatable bonds is 4. The molecule has 0 heterocycles. The van der Waals surface area contributed by atoms with E-state index in [-0.39, 0.29) is 6.04 Å². The average molecular weight is 350 g/mol. The number of hydrogen-bond donors (Lipinski definition) is 1. The zero-order valence-electron chi connectivity index (χ0n) is 12.7. The van der Waals surface area contributed by atoms with Crippen molar-refractivity contribution in [3.05, 3.63) is 57.1 Å². The Balaban J connectivity index is 2.56. The van der Waals surface area contributed by atoms with Gasteiger partial charge in [-0.25, -0.2) is 0 Å². The Morgan fingerprint density at radius 1 is 0.952 bits per heavy atom. The molecule has 4 heteroatoms. The molecule has 21 heavy (non-hydrogen) atoms. The van der Waals surface area contributed by atoms with Crippen LogP contribution in [-0.4, -0.2) is 14.2 Å². The van der Waals surface area contributed by atoms with E-state index in [0.717, 1.165) is 32.7 Å². The zero-order chi connectivity index (χ0) is 15.6. The minimum absolute atomic E-state index is 0.262. The molecule has 2 N–H and O–H groups in total. The number of methoxy groups -OCH3 is 2. The van der Waals surface area contributed by atoms with E-state index in [1.807, 2.05) is 12.1 Å². The van der Waals surface area contributed by atoms with Crippen molar-refractivity contribution in [1.29, 1.82) is 0 Å². The molecule has 2 aromatic carbocycles. The summed E-state index contributed by atoms with van der Waals surface area (Å²) in [7, 11) is 3.29. The number of hydrogen-bond acceptors (Lipinski definition) is 3. The molecule has 1 unspecified atom stereocenters. The zero-order valence-corrected chi connectivity index (χ0v) is 14.3. The molecule has 0 radical (unpaired) electrons. The van der Waals surface area contributed by atoms with Gasteiger partial charge in [-0.1, -0.05) is 23.8 Å². The van der Waals surface area contributed by atoms with Crippen molar-refractivity contribution in [2.75, 3.05) is 14.2 Å². The summed E-state index contributed by atoms with van der Waals surface area (Å²) in [6.07, 6.45) is 0. The molecule has 3 nitrogen and oxygen atoms in total. The van der Waals surface area contributed by atoms with E-state index in [0.29, 0.717) is 0 Å². The molecule has 0 bridgehead atoms. The van der Waals surface area contributed by atoms with Gasteiger partial charge in [0, 0.05) is 5.56 Å². The van der Waals surface area contributed by atoms with Crippen LogP contribution in [0.4, 0.5) is 0 Å². The minimum atomic E-state index is -0.262. The first kappa shape index (κ1) is 15.9. The molecule has 0 aliphatic rings. The first-order valence-corrected chi connectivity index (χ1v) is 7.51. The number of benzene rings is 2. The van der Waals surface area contributed by atoms with Gasteiger partial charge in [0.25, 0.3) is 0 Å². The molecular weight excluding hydrogens is 330 g/mol. The minimum Gasteiger partial charge on any atom is -0.496 e. The number of aryl methyl sites for hydroxylation is 2. The summed E-state index contributed by atoms with van der Waals surface area (Å²) in [5.74, 6) is 1.49. The molecule has 0 amide bonds. The van der Waals surface area contributed by atoms with Crippen LogP contribution in [0, 0.1) is 13.8 Å². The van der Waals surface area contributed by atoms with Crippen molar-refractivity contribution in [3.63, 3.8) is 0 Å². The van der Waals surface area contributed by atoms with Gasteiger partial charge in [0.1, 0.15) is 11.5 Å². The molecule has 0 spiro atoms. The Morgan fingerprint density at radius 3 is 2.24 bits per heavy atom. The maximum absolute atomic E-state index is 6.49. The summed E-state index contributed by atoms with van der Waals surface area (Å²) < 4.78 is 11.7. The number of nitrogens with two attached hydrogens (primary N) is 1. The van der Waals surface area contributed by atoms with Gasteiger partial charge in [-0.05, 0) is 53.0 Å². The van der Waals surface area contributed by atoms with Crippen molar-refractivity contribution < 1.29 is 9.47 Å². The second kappa shape index (κ2) is 6.50. The quantitative estimate of drug-likeness (QED) is 0.902. The highest BCUT2D eigenvalue weighted by atomic mass is 79.9.